The SMILES string of the molecule is C[C@H](Oc1cccc(Cl)c1Cl)C(=O)N[C@H]1CCN(C)C[C@H]1C. The lowest BCUT2D eigenvalue weighted by atomic mass is 9.94. The second-order valence-corrected chi connectivity index (χ2v) is 6.74. The lowest BCUT2D eigenvalue weighted by Crippen LogP contribution is -2.51. The van der Waals surface area contributed by atoms with Crippen molar-refractivity contribution in [2.24, 2.45) is 5.92 Å². The summed E-state index contributed by atoms with van der Waals surface area (Å²) in [6.07, 6.45) is 0.330. The molecule has 1 aromatic rings. The second-order valence-electron chi connectivity index (χ2n) is 5.96. The summed E-state index contributed by atoms with van der Waals surface area (Å²) in [4.78, 5) is 14.6. The Labute approximate surface area is 141 Å². The molecule has 4 nitrogen and oxygen atoms in total. The third-order valence-electron chi connectivity index (χ3n) is 4.03. The fraction of sp³-hybridized carbons (Fsp3) is 0.562. The highest BCUT2D eigenvalue weighted by atomic mass is 35.5. The monoisotopic (exact) mass is 344 g/mol. The van der Waals surface area contributed by atoms with E-state index in [2.05, 4.69) is 24.2 Å². The van der Waals surface area contributed by atoms with Crippen molar-refractivity contribution in [3.8, 4) is 5.75 Å². The molecule has 2 rings (SSSR count). The standard InChI is InChI=1S/C16H22Cl2N2O2/c1-10-9-20(3)8-7-13(10)19-16(21)11(2)22-14-6-4-5-12(17)15(14)18/h4-6,10-11,13H,7-9H2,1-3H3,(H,19,21)/t10-,11+,13+/m1/s1. The molecule has 0 aromatic heterocycles. The van der Waals surface area contributed by atoms with Gasteiger partial charge in [-0.1, -0.05) is 36.2 Å². The highest BCUT2D eigenvalue weighted by molar-refractivity contribution is 6.42. The van der Waals surface area contributed by atoms with E-state index in [0.717, 1.165) is 19.5 Å². The smallest absolute Gasteiger partial charge is 0.261 e. The third-order valence-corrected chi connectivity index (χ3v) is 4.83. The van der Waals surface area contributed by atoms with Gasteiger partial charge >= 0.3 is 0 Å². The molecule has 1 amide bonds. The normalized spacial score (nSPS) is 23.9. The van der Waals surface area contributed by atoms with Crippen LogP contribution in [0.1, 0.15) is 20.3 Å². The molecule has 1 aliphatic heterocycles. The van der Waals surface area contributed by atoms with Crippen molar-refractivity contribution < 1.29 is 9.53 Å². The summed E-state index contributed by atoms with van der Waals surface area (Å²) in [7, 11) is 2.10. The first-order chi connectivity index (χ1) is 10.4. The Morgan fingerprint density at radius 3 is 2.86 bits per heavy atom. The lowest BCUT2D eigenvalue weighted by Gasteiger charge is -2.35. The van der Waals surface area contributed by atoms with Gasteiger partial charge in [0.25, 0.3) is 5.91 Å². The number of benzene rings is 1. The number of nitrogens with one attached hydrogen (secondary N) is 1. The Balaban J connectivity index is 1.93. The number of carbonyl (C=O) groups excluding carboxylic acids is 1. The van der Waals surface area contributed by atoms with E-state index in [4.69, 9.17) is 27.9 Å². The van der Waals surface area contributed by atoms with Gasteiger partial charge < -0.3 is 15.0 Å². The molecule has 0 aliphatic carbocycles. The number of nitrogens with zero attached hydrogens (tertiary/aromatic N) is 1. The van der Waals surface area contributed by atoms with E-state index in [1.54, 1.807) is 25.1 Å². The summed E-state index contributed by atoms with van der Waals surface area (Å²) < 4.78 is 5.65. The maximum atomic E-state index is 12.3. The maximum Gasteiger partial charge on any atom is 0.261 e. The van der Waals surface area contributed by atoms with Crippen molar-refractivity contribution >= 4 is 29.1 Å². The van der Waals surface area contributed by atoms with Crippen LogP contribution in [0.25, 0.3) is 0 Å². The van der Waals surface area contributed by atoms with Gasteiger partial charge in [0.1, 0.15) is 10.8 Å². The average Bonchev–Trinajstić information content (AvgIpc) is 2.46. The number of amides is 1. The second kappa shape index (κ2) is 7.53. The van der Waals surface area contributed by atoms with Gasteiger partial charge in [0, 0.05) is 12.6 Å². The fourth-order valence-corrected chi connectivity index (χ4v) is 3.02. The molecule has 22 heavy (non-hydrogen) atoms. The Morgan fingerprint density at radius 1 is 1.45 bits per heavy atom. The highest BCUT2D eigenvalue weighted by Crippen LogP contribution is 2.32. The minimum absolute atomic E-state index is 0.127. The first-order valence-electron chi connectivity index (χ1n) is 7.48. The number of rotatable bonds is 4. The zero-order valence-electron chi connectivity index (χ0n) is 13.1. The summed E-state index contributed by atoms with van der Waals surface area (Å²) >= 11 is 12.0. The lowest BCUT2D eigenvalue weighted by molar-refractivity contribution is -0.128. The van der Waals surface area contributed by atoms with Crippen molar-refractivity contribution in [1.82, 2.24) is 10.2 Å². The molecule has 0 radical (unpaired) electrons. The van der Waals surface area contributed by atoms with E-state index in [0.29, 0.717) is 21.7 Å². The molecule has 1 aliphatic rings. The van der Waals surface area contributed by atoms with Crippen molar-refractivity contribution in [2.45, 2.75) is 32.4 Å². The van der Waals surface area contributed by atoms with Gasteiger partial charge in [-0.3, -0.25) is 4.79 Å². The molecule has 1 fully saturated rings. The van der Waals surface area contributed by atoms with Gasteiger partial charge in [0.2, 0.25) is 0 Å². The van der Waals surface area contributed by atoms with E-state index >= 15 is 0 Å². The molecule has 0 unspecified atom stereocenters. The molecule has 122 valence electrons. The summed E-state index contributed by atoms with van der Waals surface area (Å²) in [5.41, 5.74) is 0. The van der Waals surface area contributed by atoms with Crippen LogP contribution in [0.4, 0.5) is 0 Å². The molecular formula is C16H22Cl2N2O2. The van der Waals surface area contributed by atoms with Gasteiger partial charge in [-0.05, 0) is 45.0 Å². The molecule has 0 saturated carbocycles. The van der Waals surface area contributed by atoms with E-state index < -0.39 is 6.10 Å². The van der Waals surface area contributed by atoms with Gasteiger partial charge in [0.15, 0.2) is 6.10 Å². The molecule has 1 N–H and O–H groups in total. The quantitative estimate of drug-likeness (QED) is 0.911. The Hall–Kier alpha value is -0.970. The van der Waals surface area contributed by atoms with Crippen LogP contribution in [0.3, 0.4) is 0 Å². The van der Waals surface area contributed by atoms with Crippen molar-refractivity contribution in [1.29, 1.82) is 0 Å². The van der Waals surface area contributed by atoms with Crippen LogP contribution >= 0.6 is 23.2 Å². The number of carbonyl (C=O) groups is 1. The van der Waals surface area contributed by atoms with Gasteiger partial charge in [0.05, 0.1) is 5.02 Å². The molecule has 6 heteroatoms. The summed E-state index contributed by atoms with van der Waals surface area (Å²) in [5.74, 6) is 0.718. The van der Waals surface area contributed by atoms with Gasteiger partial charge in [-0.2, -0.15) is 0 Å². The van der Waals surface area contributed by atoms with Crippen LogP contribution in [0.2, 0.25) is 10.0 Å². The Bertz CT molecular complexity index is 539. The number of hydrogen-bond acceptors (Lipinski definition) is 3. The molecular weight excluding hydrogens is 323 g/mol. The largest absolute Gasteiger partial charge is 0.479 e. The van der Waals surface area contributed by atoms with Crippen molar-refractivity contribution in [2.75, 3.05) is 20.1 Å². The van der Waals surface area contributed by atoms with E-state index in [1.807, 2.05) is 0 Å². The predicted octanol–water partition coefficient (Wildman–Crippen LogP) is 3.22. The van der Waals surface area contributed by atoms with Crippen LogP contribution in [0.15, 0.2) is 18.2 Å². The van der Waals surface area contributed by atoms with Crippen LogP contribution in [0.5, 0.6) is 5.75 Å². The Kier molecular flexibility index (Phi) is 5.95. The van der Waals surface area contributed by atoms with Crippen molar-refractivity contribution in [3.05, 3.63) is 28.2 Å². The summed E-state index contributed by atoms with van der Waals surface area (Å²) in [6, 6.07) is 5.31. The van der Waals surface area contributed by atoms with E-state index in [9.17, 15) is 4.79 Å². The first-order valence-corrected chi connectivity index (χ1v) is 8.23. The van der Waals surface area contributed by atoms with E-state index in [-0.39, 0.29) is 11.9 Å². The molecule has 1 saturated heterocycles. The zero-order chi connectivity index (χ0) is 16.3. The zero-order valence-corrected chi connectivity index (χ0v) is 14.6. The van der Waals surface area contributed by atoms with Crippen LogP contribution in [-0.2, 0) is 4.79 Å². The minimum atomic E-state index is -0.622. The topological polar surface area (TPSA) is 41.6 Å². The van der Waals surface area contributed by atoms with Gasteiger partial charge in [-0.25, -0.2) is 0 Å². The number of halogens is 2. The number of ether oxygens (including phenoxy) is 1. The average molecular weight is 345 g/mol. The molecule has 0 spiro atoms. The van der Waals surface area contributed by atoms with Crippen molar-refractivity contribution in [3.63, 3.8) is 0 Å². The first kappa shape index (κ1) is 17.4. The van der Waals surface area contributed by atoms with Crippen LogP contribution in [-0.4, -0.2) is 43.1 Å². The molecule has 3 atom stereocenters. The number of likely N-dealkylation sites (tertiary alicyclic amines) is 1. The molecule has 1 heterocycles. The van der Waals surface area contributed by atoms with Crippen LogP contribution in [0, 0.1) is 5.92 Å². The molecule has 1 aromatic carbocycles. The summed E-state index contributed by atoms with van der Waals surface area (Å²) in [5, 5.41) is 3.82. The van der Waals surface area contributed by atoms with Crippen LogP contribution < -0.4 is 10.1 Å². The summed E-state index contributed by atoms with van der Waals surface area (Å²) in [6.45, 7) is 5.84. The van der Waals surface area contributed by atoms with E-state index in [1.165, 1.54) is 0 Å². The fourth-order valence-electron chi connectivity index (χ4n) is 2.69. The Morgan fingerprint density at radius 2 is 2.18 bits per heavy atom. The maximum absolute atomic E-state index is 12.3. The van der Waals surface area contributed by atoms with Gasteiger partial charge in [-0.15, -0.1) is 0 Å². The number of hydrogen-bond donors (Lipinski definition) is 1. The molecule has 0 bridgehead atoms. The minimum Gasteiger partial charge on any atom is -0.479 e. The third kappa shape index (κ3) is 4.28. The predicted molar refractivity (Wildman–Crippen MR) is 89.8 cm³/mol. The number of piperidine rings is 1. The highest BCUT2D eigenvalue weighted by Gasteiger charge is 2.27.